The minimum Gasteiger partial charge on any atom is -0.391 e. The maximum absolute atomic E-state index is 13.7. The maximum Gasteiger partial charge on any atom is 0.243 e. The summed E-state index contributed by atoms with van der Waals surface area (Å²) in [7, 11) is 1.54. The molecule has 3 N–H and O–H groups in total. The Bertz CT molecular complexity index is 1320. The largest absolute Gasteiger partial charge is 0.391 e. The van der Waals surface area contributed by atoms with Crippen molar-refractivity contribution in [2.75, 3.05) is 13.6 Å². The van der Waals surface area contributed by atoms with Gasteiger partial charge in [-0.25, -0.2) is 4.98 Å². The molecule has 2 aromatic heterocycles. The molecule has 1 aromatic carbocycles. The number of aliphatic hydroxyl groups is 1. The first-order valence-electron chi connectivity index (χ1n) is 13.0. The molecule has 39 heavy (non-hydrogen) atoms. The van der Waals surface area contributed by atoms with E-state index in [1.807, 2.05) is 45.0 Å². The zero-order chi connectivity index (χ0) is 28.3. The van der Waals surface area contributed by atoms with Gasteiger partial charge in [-0.05, 0) is 30.9 Å². The predicted molar refractivity (Wildman–Crippen MR) is 147 cm³/mol. The minimum atomic E-state index is -0.885. The van der Waals surface area contributed by atoms with Crippen LogP contribution in [-0.4, -0.2) is 63.6 Å². The lowest BCUT2D eigenvalue weighted by Crippen LogP contribution is -2.49. The van der Waals surface area contributed by atoms with Gasteiger partial charge in [0, 0.05) is 26.1 Å². The lowest BCUT2D eigenvalue weighted by Gasteiger charge is -2.30. The molecule has 208 valence electrons. The van der Waals surface area contributed by atoms with Crippen molar-refractivity contribution in [1.82, 2.24) is 25.7 Å². The SMILES string of the molecule is CNC(=O)C[C@H](NC(=O)[C@@H]1C[C@@H](O)CN1C(=O)[C@@H](c1cc(C)no1)C(C)C)c1ccc(-c2scnc2C)cc1. The second kappa shape index (κ2) is 12.1. The van der Waals surface area contributed by atoms with Gasteiger partial charge >= 0.3 is 0 Å². The Labute approximate surface area is 231 Å². The number of aryl methyl sites for hydroxylation is 2. The summed E-state index contributed by atoms with van der Waals surface area (Å²) in [6, 6.07) is 7.87. The normalized spacial score (nSPS) is 18.7. The average molecular weight is 554 g/mol. The van der Waals surface area contributed by atoms with Crippen molar-refractivity contribution in [1.29, 1.82) is 0 Å². The number of hydrogen-bond acceptors (Lipinski definition) is 8. The van der Waals surface area contributed by atoms with Gasteiger partial charge in [0.1, 0.15) is 17.7 Å². The topological polar surface area (TPSA) is 138 Å². The number of β-amino-alcohol motifs (C(OH)–C–C–N with tert-alkyl or cyclic N) is 1. The molecule has 1 aliphatic heterocycles. The summed E-state index contributed by atoms with van der Waals surface area (Å²) in [5.41, 5.74) is 5.15. The van der Waals surface area contributed by atoms with Crippen molar-refractivity contribution < 1.29 is 24.0 Å². The summed E-state index contributed by atoms with van der Waals surface area (Å²) >= 11 is 1.55. The molecule has 0 aliphatic carbocycles. The van der Waals surface area contributed by atoms with E-state index >= 15 is 0 Å². The maximum atomic E-state index is 13.7. The number of nitrogens with one attached hydrogen (secondary N) is 2. The van der Waals surface area contributed by atoms with Crippen molar-refractivity contribution in [3.8, 4) is 10.4 Å². The Morgan fingerprint density at radius 3 is 2.49 bits per heavy atom. The molecule has 1 saturated heterocycles. The zero-order valence-corrected chi connectivity index (χ0v) is 23.6. The first-order valence-corrected chi connectivity index (χ1v) is 13.9. The predicted octanol–water partition coefficient (Wildman–Crippen LogP) is 3.11. The molecule has 3 heterocycles. The summed E-state index contributed by atoms with van der Waals surface area (Å²) in [6.07, 6.45) is -0.710. The van der Waals surface area contributed by atoms with Crippen LogP contribution in [-0.2, 0) is 14.4 Å². The monoisotopic (exact) mass is 553 g/mol. The fraction of sp³-hybridized carbons (Fsp3) is 0.464. The fourth-order valence-corrected chi connectivity index (χ4v) is 5.81. The molecule has 3 aromatic rings. The van der Waals surface area contributed by atoms with Crippen LogP contribution in [0.1, 0.15) is 61.4 Å². The molecule has 4 rings (SSSR count). The summed E-state index contributed by atoms with van der Waals surface area (Å²) < 4.78 is 5.41. The van der Waals surface area contributed by atoms with Gasteiger partial charge in [-0.15, -0.1) is 11.3 Å². The summed E-state index contributed by atoms with van der Waals surface area (Å²) in [6.45, 7) is 7.57. The van der Waals surface area contributed by atoms with E-state index in [2.05, 4.69) is 20.8 Å². The van der Waals surface area contributed by atoms with Crippen LogP contribution in [0.3, 0.4) is 0 Å². The molecule has 1 fully saturated rings. The van der Waals surface area contributed by atoms with E-state index in [0.717, 1.165) is 21.7 Å². The third-order valence-corrected chi connectivity index (χ3v) is 8.03. The van der Waals surface area contributed by atoms with E-state index in [9.17, 15) is 19.5 Å². The van der Waals surface area contributed by atoms with E-state index in [0.29, 0.717) is 11.5 Å². The zero-order valence-electron chi connectivity index (χ0n) is 22.8. The lowest BCUT2D eigenvalue weighted by atomic mass is 9.91. The number of rotatable bonds is 9. The number of thiazole rings is 1. The first-order chi connectivity index (χ1) is 18.6. The minimum absolute atomic E-state index is 0.0242. The highest BCUT2D eigenvalue weighted by molar-refractivity contribution is 7.13. The second-order valence-corrected chi connectivity index (χ2v) is 11.2. The van der Waals surface area contributed by atoms with Crippen LogP contribution >= 0.6 is 11.3 Å². The van der Waals surface area contributed by atoms with Crippen molar-refractivity contribution in [2.24, 2.45) is 5.92 Å². The van der Waals surface area contributed by atoms with Gasteiger partial charge in [-0.3, -0.25) is 14.4 Å². The number of carbonyl (C=O) groups excluding carboxylic acids is 3. The molecule has 10 nitrogen and oxygen atoms in total. The van der Waals surface area contributed by atoms with Crippen LogP contribution in [0.5, 0.6) is 0 Å². The number of carbonyl (C=O) groups is 3. The Kier molecular flexibility index (Phi) is 8.81. The summed E-state index contributed by atoms with van der Waals surface area (Å²) in [5, 5.41) is 20.0. The van der Waals surface area contributed by atoms with Crippen LogP contribution < -0.4 is 10.6 Å². The van der Waals surface area contributed by atoms with E-state index in [-0.39, 0.29) is 37.1 Å². The number of likely N-dealkylation sites (tertiary alicyclic amines) is 1. The molecule has 0 bridgehead atoms. The Hall–Kier alpha value is -3.57. The van der Waals surface area contributed by atoms with Crippen molar-refractivity contribution in [3.63, 3.8) is 0 Å². The molecule has 0 saturated carbocycles. The molecule has 0 radical (unpaired) electrons. The lowest BCUT2D eigenvalue weighted by molar-refractivity contribution is -0.141. The quantitative estimate of drug-likeness (QED) is 0.370. The Morgan fingerprint density at radius 1 is 1.21 bits per heavy atom. The number of aromatic nitrogens is 2. The van der Waals surface area contributed by atoms with E-state index in [1.165, 1.54) is 4.90 Å². The van der Waals surface area contributed by atoms with Crippen LogP contribution in [0.15, 0.2) is 40.4 Å². The standard InChI is InChI=1S/C28H35N5O5S/c1-15(2)25(23-10-16(3)32-38-23)28(37)33-13-20(34)11-22(33)27(36)31-21(12-24(35)29-5)18-6-8-19(9-7-18)26-17(4)30-14-39-26/h6-10,14-15,20-22,25,34H,11-13H2,1-5H3,(H,29,35)(H,31,36)/t20-,21+,22+,25-/m1/s1. The highest BCUT2D eigenvalue weighted by atomic mass is 32.1. The van der Waals surface area contributed by atoms with Crippen molar-refractivity contribution in [3.05, 3.63) is 58.6 Å². The van der Waals surface area contributed by atoms with Gasteiger partial charge in [0.25, 0.3) is 0 Å². The van der Waals surface area contributed by atoms with E-state index < -0.39 is 30.0 Å². The molecular weight excluding hydrogens is 518 g/mol. The third-order valence-electron chi connectivity index (χ3n) is 7.06. The van der Waals surface area contributed by atoms with Gasteiger partial charge < -0.3 is 25.2 Å². The molecule has 4 atom stereocenters. The van der Waals surface area contributed by atoms with Crippen LogP contribution in [0.4, 0.5) is 0 Å². The third kappa shape index (κ3) is 6.36. The van der Waals surface area contributed by atoms with Crippen molar-refractivity contribution in [2.45, 2.75) is 64.6 Å². The molecule has 1 aliphatic rings. The van der Waals surface area contributed by atoms with Gasteiger partial charge in [0.2, 0.25) is 17.7 Å². The Morgan fingerprint density at radius 2 is 1.92 bits per heavy atom. The average Bonchev–Trinajstić information content (AvgIpc) is 3.63. The van der Waals surface area contributed by atoms with Gasteiger partial charge in [0.05, 0.1) is 40.3 Å². The highest BCUT2D eigenvalue weighted by Crippen LogP contribution is 2.32. The van der Waals surface area contributed by atoms with Gasteiger partial charge in [-0.2, -0.15) is 0 Å². The van der Waals surface area contributed by atoms with Gasteiger partial charge in [0.15, 0.2) is 0 Å². The molecular formula is C28H35N5O5S. The van der Waals surface area contributed by atoms with Gasteiger partial charge in [-0.1, -0.05) is 43.3 Å². The molecule has 3 amide bonds. The number of aliphatic hydroxyl groups excluding tert-OH is 1. The smallest absolute Gasteiger partial charge is 0.243 e. The number of amides is 3. The summed E-state index contributed by atoms with van der Waals surface area (Å²) in [4.78, 5) is 46.4. The van der Waals surface area contributed by atoms with Crippen LogP contribution in [0.2, 0.25) is 0 Å². The Balaban J connectivity index is 1.56. The molecule has 11 heteroatoms. The number of hydrogen-bond donors (Lipinski definition) is 3. The fourth-order valence-electron chi connectivity index (χ4n) is 5.00. The molecule has 0 spiro atoms. The molecule has 0 unspecified atom stereocenters. The summed E-state index contributed by atoms with van der Waals surface area (Å²) in [5.74, 6) is -1.29. The first kappa shape index (κ1) is 28.4. The van der Waals surface area contributed by atoms with Crippen LogP contribution in [0, 0.1) is 19.8 Å². The van der Waals surface area contributed by atoms with Crippen molar-refractivity contribution >= 4 is 29.1 Å². The number of nitrogens with zero attached hydrogens (tertiary/aromatic N) is 3. The van der Waals surface area contributed by atoms with Crippen LogP contribution in [0.25, 0.3) is 10.4 Å². The van der Waals surface area contributed by atoms with E-state index in [1.54, 1.807) is 36.9 Å². The number of benzene rings is 1. The highest BCUT2D eigenvalue weighted by Gasteiger charge is 2.43. The second-order valence-electron chi connectivity index (χ2n) is 10.3. The van der Waals surface area contributed by atoms with E-state index in [4.69, 9.17) is 4.52 Å².